The number of nitrogens with two attached hydrogens (primary N) is 1. The lowest BCUT2D eigenvalue weighted by molar-refractivity contribution is 0.354. The van der Waals surface area contributed by atoms with Crippen LogP contribution < -0.4 is 15.2 Å². The lowest BCUT2D eigenvalue weighted by Gasteiger charge is -2.17. The first-order valence-electron chi connectivity index (χ1n) is 6.34. The molecule has 0 aliphatic rings. The highest BCUT2D eigenvalue weighted by molar-refractivity contribution is 7.10. The van der Waals surface area contributed by atoms with Gasteiger partial charge in [0.05, 0.1) is 19.2 Å². The van der Waals surface area contributed by atoms with E-state index in [2.05, 4.69) is 11.4 Å². The van der Waals surface area contributed by atoms with E-state index >= 15 is 0 Å². The van der Waals surface area contributed by atoms with Gasteiger partial charge in [0.25, 0.3) is 0 Å². The van der Waals surface area contributed by atoms with Crippen molar-refractivity contribution in [3.8, 4) is 11.5 Å². The van der Waals surface area contributed by atoms with E-state index in [0.29, 0.717) is 23.1 Å². The summed E-state index contributed by atoms with van der Waals surface area (Å²) in [6.07, 6.45) is 0.788. The summed E-state index contributed by atoms with van der Waals surface area (Å²) in [6.45, 7) is 0.588. The molecule has 2 aromatic rings. The van der Waals surface area contributed by atoms with Crippen molar-refractivity contribution in [2.45, 2.75) is 12.3 Å². The smallest absolute Gasteiger partial charge is 0.179 e. The van der Waals surface area contributed by atoms with Gasteiger partial charge in [-0.15, -0.1) is 11.3 Å². The second-order valence-electron chi connectivity index (χ2n) is 4.43. The number of hydrogen-bond acceptors (Lipinski definition) is 4. The minimum absolute atomic E-state index is 0.269. The predicted molar refractivity (Wildman–Crippen MR) is 84.4 cm³/mol. The van der Waals surface area contributed by atoms with Gasteiger partial charge in [-0.3, -0.25) is 0 Å². The molecule has 0 radical (unpaired) electrons. The fraction of sp³-hybridized carbons (Fsp3) is 0.333. The third-order valence-electron chi connectivity index (χ3n) is 3.26. The molecule has 3 nitrogen and oxygen atoms in total. The maximum atomic E-state index is 6.41. The largest absolute Gasteiger partial charge is 0.493 e. The molecule has 1 heterocycles. The molecule has 0 saturated carbocycles. The zero-order valence-electron chi connectivity index (χ0n) is 11.6. The SMILES string of the molecule is COc1ccc(CC(CN)c2cccs2)c(Cl)c1OC. The fourth-order valence-electron chi connectivity index (χ4n) is 2.18. The van der Waals surface area contributed by atoms with Gasteiger partial charge in [0, 0.05) is 17.3 Å². The summed E-state index contributed by atoms with van der Waals surface area (Å²) in [5.74, 6) is 1.49. The first kappa shape index (κ1) is 15.2. The minimum Gasteiger partial charge on any atom is -0.493 e. The van der Waals surface area contributed by atoms with Crippen molar-refractivity contribution in [1.82, 2.24) is 0 Å². The van der Waals surface area contributed by atoms with E-state index < -0.39 is 0 Å². The normalized spacial score (nSPS) is 12.2. The van der Waals surface area contributed by atoms with Gasteiger partial charge < -0.3 is 15.2 Å². The van der Waals surface area contributed by atoms with Crippen LogP contribution >= 0.6 is 22.9 Å². The number of methoxy groups -OCH3 is 2. The zero-order valence-corrected chi connectivity index (χ0v) is 13.1. The third-order valence-corrected chi connectivity index (χ3v) is 4.71. The highest BCUT2D eigenvalue weighted by atomic mass is 35.5. The van der Waals surface area contributed by atoms with Crippen LogP contribution in [0, 0.1) is 0 Å². The van der Waals surface area contributed by atoms with Crippen molar-refractivity contribution in [1.29, 1.82) is 0 Å². The van der Waals surface area contributed by atoms with Gasteiger partial charge in [0.1, 0.15) is 0 Å². The maximum Gasteiger partial charge on any atom is 0.179 e. The molecule has 108 valence electrons. The lowest BCUT2D eigenvalue weighted by atomic mass is 9.97. The Morgan fingerprint density at radius 1 is 1.25 bits per heavy atom. The predicted octanol–water partition coefficient (Wildman–Crippen LogP) is 3.70. The molecule has 1 unspecified atom stereocenters. The Bertz CT molecular complexity index is 557. The Balaban J connectivity index is 2.29. The van der Waals surface area contributed by atoms with Crippen molar-refractivity contribution in [3.05, 3.63) is 45.1 Å². The van der Waals surface area contributed by atoms with E-state index in [4.69, 9.17) is 26.8 Å². The summed E-state index contributed by atoms with van der Waals surface area (Å²) < 4.78 is 10.6. The summed E-state index contributed by atoms with van der Waals surface area (Å²) in [5.41, 5.74) is 6.92. The molecule has 1 aromatic heterocycles. The van der Waals surface area contributed by atoms with Crippen LogP contribution in [0.3, 0.4) is 0 Å². The average molecular weight is 312 g/mol. The van der Waals surface area contributed by atoms with Crippen LogP contribution in [-0.2, 0) is 6.42 Å². The van der Waals surface area contributed by atoms with Gasteiger partial charge >= 0.3 is 0 Å². The van der Waals surface area contributed by atoms with Gasteiger partial charge in [0.15, 0.2) is 11.5 Å². The molecule has 0 saturated heterocycles. The monoisotopic (exact) mass is 311 g/mol. The van der Waals surface area contributed by atoms with Gasteiger partial charge in [0.2, 0.25) is 0 Å². The van der Waals surface area contributed by atoms with Gasteiger partial charge in [-0.2, -0.15) is 0 Å². The zero-order chi connectivity index (χ0) is 14.5. The summed E-state index contributed by atoms with van der Waals surface area (Å²) >= 11 is 8.13. The molecule has 1 atom stereocenters. The van der Waals surface area contributed by atoms with Crippen LogP contribution in [0.2, 0.25) is 5.02 Å². The fourth-order valence-corrected chi connectivity index (χ4v) is 3.33. The molecule has 5 heteroatoms. The van der Waals surface area contributed by atoms with Crippen LogP contribution in [-0.4, -0.2) is 20.8 Å². The molecule has 0 amide bonds. The minimum atomic E-state index is 0.269. The van der Waals surface area contributed by atoms with Crippen LogP contribution in [0.4, 0.5) is 0 Å². The van der Waals surface area contributed by atoms with Crippen molar-refractivity contribution in [2.24, 2.45) is 5.73 Å². The lowest BCUT2D eigenvalue weighted by Crippen LogP contribution is -2.14. The van der Waals surface area contributed by atoms with Gasteiger partial charge in [-0.25, -0.2) is 0 Å². The van der Waals surface area contributed by atoms with Crippen LogP contribution in [0.5, 0.6) is 11.5 Å². The highest BCUT2D eigenvalue weighted by Gasteiger charge is 2.18. The summed E-state index contributed by atoms with van der Waals surface area (Å²) in [5, 5.41) is 2.66. The summed E-state index contributed by atoms with van der Waals surface area (Å²) in [6, 6.07) is 8.00. The molecule has 0 bridgehead atoms. The van der Waals surface area contributed by atoms with Crippen LogP contribution in [0.25, 0.3) is 0 Å². The second-order valence-corrected chi connectivity index (χ2v) is 5.78. The number of hydrogen-bond donors (Lipinski definition) is 1. The van der Waals surface area contributed by atoms with E-state index in [9.17, 15) is 0 Å². The molecule has 1 aromatic carbocycles. The molecule has 0 aliphatic heterocycles. The Hall–Kier alpha value is -1.23. The van der Waals surface area contributed by atoms with Crippen molar-refractivity contribution in [3.63, 3.8) is 0 Å². The van der Waals surface area contributed by atoms with Gasteiger partial charge in [-0.05, 0) is 29.5 Å². The first-order chi connectivity index (χ1) is 9.71. The van der Waals surface area contributed by atoms with Gasteiger partial charge in [-0.1, -0.05) is 23.7 Å². The van der Waals surface area contributed by atoms with E-state index in [-0.39, 0.29) is 5.92 Å². The number of rotatable bonds is 6. The Morgan fingerprint density at radius 2 is 2.05 bits per heavy atom. The van der Waals surface area contributed by atoms with Crippen molar-refractivity contribution >= 4 is 22.9 Å². The van der Waals surface area contributed by atoms with E-state index in [1.807, 2.05) is 18.2 Å². The Labute approximate surface area is 128 Å². The highest BCUT2D eigenvalue weighted by Crippen LogP contribution is 2.39. The Morgan fingerprint density at radius 3 is 2.60 bits per heavy atom. The maximum absolute atomic E-state index is 6.41. The first-order valence-corrected chi connectivity index (χ1v) is 7.59. The standard InChI is InChI=1S/C15H18ClNO2S/c1-18-12-6-5-10(14(16)15(12)19-2)8-11(9-17)13-4-3-7-20-13/h3-7,11H,8-9,17H2,1-2H3. The number of benzene rings is 1. The average Bonchev–Trinajstić information content (AvgIpc) is 2.99. The summed E-state index contributed by atoms with van der Waals surface area (Å²) in [7, 11) is 3.19. The molecular weight excluding hydrogens is 294 g/mol. The van der Waals surface area contributed by atoms with Crippen molar-refractivity contribution < 1.29 is 9.47 Å². The van der Waals surface area contributed by atoms with E-state index in [1.54, 1.807) is 25.6 Å². The number of thiophene rings is 1. The molecule has 2 N–H and O–H groups in total. The third kappa shape index (κ3) is 3.08. The van der Waals surface area contributed by atoms with Crippen molar-refractivity contribution in [2.75, 3.05) is 20.8 Å². The van der Waals surface area contributed by atoms with E-state index in [0.717, 1.165) is 12.0 Å². The molecule has 0 spiro atoms. The van der Waals surface area contributed by atoms with E-state index in [1.165, 1.54) is 4.88 Å². The number of halogens is 1. The second kappa shape index (κ2) is 6.97. The molecule has 0 fully saturated rings. The molecule has 2 rings (SSSR count). The molecule has 0 aliphatic carbocycles. The van der Waals surface area contributed by atoms with Crippen LogP contribution in [0.1, 0.15) is 16.4 Å². The Kier molecular flexibility index (Phi) is 5.29. The quantitative estimate of drug-likeness (QED) is 0.884. The summed E-state index contributed by atoms with van der Waals surface area (Å²) in [4.78, 5) is 1.28. The van der Waals surface area contributed by atoms with Crippen LogP contribution in [0.15, 0.2) is 29.6 Å². The number of ether oxygens (including phenoxy) is 2. The molecular formula is C15H18ClNO2S. The molecule has 20 heavy (non-hydrogen) atoms. The topological polar surface area (TPSA) is 44.5 Å².